The van der Waals surface area contributed by atoms with Crippen LogP contribution in [0.25, 0.3) is 0 Å². The zero-order valence-electron chi connectivity index (χ0n) is 12.8. The molecule has 0 aromatic heterocycles. The van der Waals surface area contributed by atoms with Crippen molar-refractivity contribution in [3.63, 3.8) is 0 Å². The van der Waals surface area contributed by atoms with Crippen LogP contribution in [0.2, 0.25) is 0 Å². The summed E-state index contributed by atoms with van der Waals surface area (Å²) in [5.41, 5.74) is 1.86. The highest BCUT2D eigenvalue weighted by Gasteiger charge is 2.53. The fourth-order valence-electron chi connectivity index (χ4n) is 4.07. The van der Waals surface area contributed by atoms with Gasteiger partial charge in [-0.05, 0) is 18.1 Å². The Balaban J connectivity index is 1.98. The van der Waals surface area contributed by atoms with Crippen LogP contribution in [0.1, 0.15) is 24.0 Å². The number of methoxy groups -OCH3 is 1. The number of hydrogen-bond acceptors (Lipinski definition) is 4. The van der Waals surface area contributed by atoms with E-state index in [4.69, 9.17) is 9.47 Å². The van der Waals surface area contributed by atoms with Crippen LogP contribution in [-0.4, -0.2) is 42.3 Å². The van der Waals surface area contributed by atoms with Crippen LogP contribution in [0, 0.1) is 0 Å². The molecule has 3 atom stereocenters. The third-order valence-corrected chi connectivity index (χ3v) is 5.92. The number of aliphatic hydroxyl groups excluding tert-OH is 1. The van der Waals surface area contributed by atoms with Gasteiger partial charge in [-0.2, -0.15) is 0 Å². The first-order valence-corrected chi connectivity index (χ1v) is 8.51. The lowest BCUT2D eigenvalue weighted by Gasteiger charge is -2.35. The van der Waals surface area contributed by atoms with E-state index in [2.05, 4.69) is 22.0 Å². The number of hydrogen-bond donors (Lipinski definition) is 1. The molecule has 0 radical (unpaired) electrons. The topological polar surface area (TPSA) is 59.0 Å². The Morgan fingerprint density at radius 2 is 2.39 bits per heavy atom. The van der Waals surface area contributed by atoms with Crippen LogP contribution in [-0.2, 0) is 16.8 Å². The highest BCUT2D eigenvalue weighted by molar-refractivity contribution is 9.10. The van der Waals surface area contributed by atoms with Crippen molar-refractivity contribution < 1.29 is 19.4 Å². The van der Waals surface area contributed by atoms with Gasteiger partial charge in [0.15, 0.2) is 11.5 Å². The molecule has 1 spiro atoms. The summed E-state index contributed by atoms with van der Waals surface area (Å²) in [6.07, 6.45) is 5.52. The van der Waals surface area contributed by atoms with E-state index in [0.29, 0.717) is 25.3 Å². The second-order valence-corrected chi connectivity index (χ2v) is 7.23. The molecular formula is C17H18BrNO4. The van der Waals surface area contributed by atoms with Crippen LogP contribution in [0.3, 0.4) is 0 Å². The maximum absolute atomic E-state index is 11.4. The van der Waals surface area contributed by atoms with Gasteiger partial charge in [-0.15, -0.1) is 0 Å². The summed E-state index contributed by atoms with van der Waals surface area (Å²) < 4.78 is 12.7. The van der Waals surface area contributed by atoms with E-state index < -0.39 is 6.10 Å². The minimum atomic E-state index is -0.497. The summed E-state index contributed by atoms with van der Waals surface area (Å²) in [6.45, 7) is 1.21. The Labute approximate surface area is 143 Å². The molecule has 1 aromatic rings. The maximum Gasteiger partial charge on any atom is 0.210 e. The highest BCUT2D eigenvalue weighted by atomic mass is 79.9. The van der Waals surface area contributed by atoms with Crippen molar-refractivity contribution in [2.75, 3.05) is 13.7 Å². The second kappa shape index (κ2) is 5.24. The summed E-state index contributed by atoms with van der Waals surface area (Å²) in [4.78, 5) is 13.2. The van der Waals surface area contributed by atoms with Crippen LogP contribution < -0.4 is 9.47 Å². The van der Waals surface area contributed by atoms with Crippen LogP contribution in [0.4, 0.5) is 0 Å². The van der Waals surface area contributed by atoms with Crippen molar-refractivity contribution in [3.05, 3.63) is 33.8 Å². The van der Waals surface area contributed by atoms with Gasteiger partial charge in [0.2, 0.25) is 6.41 Å². The number of halogens is 1. The third kappa shape index (κ3) is 2.04. The molecule has 1 N–H and O–H groups in total. The molecule has 6 heteroatoms. The average molecular weight is 380 g/mol. The normalized spacial score (nSPS) is 31.0. The molecule has 2 heterocycles. The predicted octanol–water partition coefficient (Wildman–Crippen LogP) is 2.14. The molecule has 1 aromatic carbocycles. The van der Waals surface area contributed by atoms with E-state index in [0.717, 1.165) is 34.2 Å². The number of amides is 1. The van der Waals surface area contributed by atoms with Crippen molar-refractivity contribution in [2.45, 2.75) is 37.0 Å². The summed E-state index contributed by atoms with van der Waals surface area (Å²) in [6, 6.07) is 1.90. The van der Waals surface area contributed by atoms with Crippen LogP contribution >= 0.6 is 15.9 Å². The zero-order valence-corrected chi connectivity index (χ0v) is 14.4. The van der Waals surface area contributed by atoms with Gasteiger partial charge in [0.25, 0.3) is 0 Å². The third-order valence-electron chi connectivity index (χ3n) is 5.21. The molecule has 0 unspecified atom stereocenters. The van der Waals surface area contributed by atoms with E-state index in [1.165, 1.54) is 0 Å². The molecule has 5 nitrogen and oxygen atoms in total. The van der Waals surface area contributed by atoms with Crippen molar-refractivity contribution in [1.82, 2.24) is 4.90 Å². The number of nitrogens with zero attached hydrogens (tertiary/aromatic N) is 1. The van der Waals surface area contributed by atoms with Crippen molar-refractivity contribution in [1.29, 1.82) is 0 Å². The molecule has 4 rings (SSSR count). The van der Waals surface area contributed by atoms with Crippen molar-refractivity contribution in [3.8, 4) is 11.5 Å². The van der Waals surface area contributed by atoms with E-state index in [-0.39, 0.29) is 11.5 Å². The molecule has 2 aliphatic heterocycles. The summed E-state index contributed by atoms with van der Waals surface area (Å²) >= 11 is 3.63. The fourth-order valence-corrected chi connectivity index (χ4v) is 4.60. The predicted molar refractivity (Wildman–Crippen MR) is 87.6 cm³/mol. The minimum absolute atomic E-state index is 0.133. The summed E-state index contributed by atoms with van der Waals surface area (Å²) in [5, 5.41) is 10.0. The molecule has 3 aliphatic rings. The Morgan fingerprint density at radius 3 is 3.13 bits per heavy atom. The lowest BCUT2D eigenvalue weighted by atomic mass is 9.69. The smallest absolute Gasteiger partial charge is 0.210 e. The standard InChI is InChI=1S/C17H18BrNO4/c1-22-13-7-12(18)11-8-19(9-20)5-4-17-3-2-10(21)6-14(17)23-16(13)15(11)17/h2-3,7,9-10,14,21H,4-6,8H2,1H3/t10-,14+,17+/m0/s1. The molecule has 1 amide bonds. The van der Waals surface area contributed by atoms with Gasteiger partial charge in [0, 0.05) is 29.5 Å². The average Bonchev–Trinajstić information content (AvgIpc) is 2.77. The van der Waals surface area contributed by atoms with Gasteiger partial charge in [0.1, 0.15) is 6.10 Å². The Morgan fingerprint density at radius 1 is 1.57 bits per heavy atom. The van der Waals surface area contributed by atoms with E-state index in [1.54, 1.807) is 12.0 Å². The number of benzene rings is 1. The fraction of sp³-hybridized carbons (Fsp3) is 0.471. The molecule has 0 saturated heterocycles. The number of rotatable bonds is 2. The maximum atomic E-state index is 11.4. The first-order valence-electron chi connectivity index (χ1n) is 7.72. The van der Waals surface area contributed by atoms with Crippen LogP contribution in [0.15, 0.2) is 22.7 Å². The van der Waals surface area contributed by atoms with Gasteiger partial charge in [-0.1, -0.05) is 28.1 Å². The largest absolute Gasteiger partial charge is 0.493 e. The molecule has 122 valence electrons. The molecule has 1 aliphatic carbocycles. The monoisotopic (exact) mass is 379 g/mol. The molecule has 0 bridgehead atoms. The summed E-state index contributed by atoms with van der Waals surface area (Å²) in [7, 11) is 1.63. The summed E-state index contributed by atoms with van der Waals surface area (Å²) in [5.74, 6) is 1.44. The quantitative estimate of drug-likeness (QED) is 0.631. The Kier molecular flexibility index (Phi) is 3.43. The van der Waals surface area contributed by atoms with Gasteiger partial charge < -0.3 is 19.5 Å². The minimum Gasteiger partial charge on any atom is -0.493 e. The van der Waals surface area contributed by atoms with Crippen molar-refractivity contribution in [2.24, 2.45) is 0 Å². The van der Waals surface area contributed by atoms with Gasteiger partial charge in [-0.25, -0.2) is 0 Å². The first-order chi connectivity index (χ1) is 11.1. The van der Waals surface area contributed by atoms with Gasteiger partial charge in [-0.3, -0.25) is 4.79 Å². The molecule has 23 heavy (non-hydrogen) atoms. The van der Waals surface area contributed by atoms with E-state index in [9.17, 15) is 9.90 Å². The Hall–Kier alpha value is -1.53. The van der Waals surface area contributed by atoms with Gasteiger partial charge in [0.05, 0.1) is 18.6 Å². The number of aliphatic hydroxyl groups is 1. The SMILES string of the molecule is COc1cc(Br)c2c3c1O[C@@H]1C[C@@H](O)C=C[C@]31CCN(C=O)C2. The highest BCUT2D eigenvalue weighted by Crippen LogP contribution is 2.57. The number of carbonyl (C=O) groups is 1. The second-order valence-electron chi connectivity index (χ2n) is 6.38. The first kappa shape index (κ1) is 15.0. The molecule has 0 saturated carbocycles. The van der Waals surface area contributed by atoms with E-state index in [1.807, 2.05) is 12.1 Å². The van der Waals surface area contributed by atoms with Crippen LogP contribution in [0.5, 0.6) is 11.5 Å². The lowest BCUT2D eigenvalue weighted by molar-refractivity contribution is -0.118. The zero-order chi connectivity index (χ0) is 16.2. The van der Waals surface area contributed by atoms with Crippen molar-refractivity contribution >= 4 is 22.3 Å². The Bertz CT molecular complexity index is 704. The molecular weight excluding hydrogens is 362 g/mol. The van der Waals surface area contributed by atoms with E-state index >= 15 is 0 Å². The number of carbonyl (C=O) groups excluding carboxylic acids is 1. The number of ether oxygens (including phenoxy) is 2. The lowest BCUT2D eigenvalue weighted by Crippen LogP contribution is -2.42. The van der Waals surface area contributed by atoms with Gasteiger partial charge >= 0.3 is 0 Å². The molecule has 0 fully saturated rings.